The van der Waals surface area contributed by atoms with Gasteiger partial charge in [0.05, 0.1) is 5.71 Å². The summed E-state index contributed by atoms with van der Waals surface area (Å²) in [7, 11) is 0. The first-order valence-corrected chi connectivity index (χ1v) is 5.91. The average molecular weight is 258 g/mol. The van der Waals surface area contributed by atoms with Crippen molar-refractivity contribution < 1.29 is 4.79 Å². The summed E-state index contributed by atoms with van der Waals surface area (Å²) in [4.78, 5) is 15.1. The molecule has 0 radical (unpaired) electrons. The summed E-state index contributed by atoms with van der Waals surface area (Å²) in [6.45, 7) is 6.70. The lowest BCUT2D eigenvalue weighted by molar-refractivity contribution is -0.112. The molecule has 0 saturated heterocycles. The molecular formula is C14H18N4O. The number of nitrogens with zero attached hydrogens (tertiary/aromatic N) is 3. The lowest BCUT2D eigenvalue weighted by Crippen LogP contribution is -2.22. The normalized spacial score (nSPS) is 12.2. The van der Waals surface area contributed by atoms with E-state index in [1.54, 1.807) is 26.2 Å². The number of carbonyl (C=O) groups is 1. The van der Waals surface area contributed by atoms with E-state index in [1.807, 2.05) is 19.1 Å². The molecule has 1 aromatic rings. The second-order valence-electron chi connectivity index (χ2n) is 4.21. The van der Waals surface area contributed by atoms with E-state index in [4.69, 9.17) is 5.41 Å². The van der Waals surface area contributed by atoms with Gasteiger partial charge in [-0.2, -0.15) is 5.10 Å². The van der Waals surface area contributed by atoms with E-state index in [1.165, 1.54) is 18.0 Å². The highest BCUT2D eigenvalue weighted by Gasteiger charge is 2.08. The van der Waals surface area contributed by atoms with Crippen LogP contribution in [0, 0.1) is 5.41 Å². The molecule has 5 nitrogen and oxygen atoms in total. The van der Waals surface area contributed by atoms with Crippen molar-refractivity contribution in [2.24, 2.45) is 5.10 Å². The van der Waals surface area contributed by atoms with Crippen LogP contribution in [0.5, 0.6) is 0 Å². The maximum atomic E-state index is 11.1. The van der Waals surface area contributed by atoms with Crippen LogP contribution in [0.1, 0.15) is 33.3 Å². The van der Waals surface area contributed by atoms with Gasteiger partial charge in [0.25, 0.3) is 0 Å². The molecule has 0 bridgehead atoms. The Morgan fingerprint density at radius 3 is 2.32 bits per heavy atom. The van der Waals surface area contributed by atoms with Gasteiger partial charge in [0.1, 0.15) is 5.84 Å². The van der Waals surface area contributed by atoms with Crippen LogP contribution in [0.15, 0.2) is 41.4 Å². The highest BCUT2D eigenvalue weighted by Crippen LogP contribution is 2.08. The molecule has 0 spiro atoms. The smallest absolute Gasteiger partial charge is 0.154 e. The maximum Gasteiger partial charge on any atom is 0.154 e. The Labute approximate surface area is 113 Å². The fourth-order valence-electron chi connectivity index (χ4n) is 1.57. The van der Waals surface area contributed by atoms with Crippen molar-refractivity contribution in [3.8, 4) is 0 Å². The van der Waals surface area contributed by atoms with Crippen LogP contribution in [0.4, 0.5) is 0 Å². The molecule has 1 heterocycles. The zero-order chi connectivity index (χ0) is 14.4. The van der Waals surface area contributed by atoms with Crippen molar-refractivity contribution in [2.75, 3.05) is 0 Å². The Morgan fingerprint density at radius 1 is 1.26 bits per heavy atom. The lowest BCUT2D eigenvalue weighted by atomic mass is 10.2. The number of amidine groups is 1. The highest BCUT2D eigenvalue weighted by atomic mass is 16.1. The number of hydrazone groups is 1. The lowest BCUT2D eigenvalue weighted by Gasteiger charge is -2.19. The quantitative estimate of drug-likeness (QED) is 0.390. The van der Waals surface area contributed by atoms with Crippen molar-refractivity contribution in [3.05, 3.63) is 41.9 Å². The number of allylic oxidation sites excluding steroid dienone is 2. The molecule has 0 aromatic carbocycles. The second-order valence-corrected chi connectivity index (χ2v) is 4.21. The monoisotopic (exact) mass is 258 g/mol. The Hall–Kier alpha value is -2.30. The van der Waals surface area contributed by atoms with Crippen LogP contribution in [0.2, 0.25) is 0 Å². The third kappa shape index (κ3) is 4.46. The molecular weight excluding hydrogens is 240 g/mol. The molecule has 0 atom stereocenters. The van der Waals surface area contributed by atoms with Gasteiger partial charge in [-0.05, 0) is 39.8 Å². The van der Waals surface area contributed by atoms with E-state index in [-0.39, 0.29) is 11.6 Å². The number of hydrogen-bond donors (Lipinski definition) is 1. The Morgan fingerprint density at radius 2 is 1.84 bits per heavy atom. The number of ketones is 1. The van der Waals surface area contributed by atoms with Crippen molar-refractivity contribution in [1.82, 2.24) is 9.99 Å². The fraction of sp³-hybridized carbons (Fsp3) is 0.286. The molecule has 0 aliphatic rings. The van der Waals surface area contributed by atoms with Gasteiger partial charge in [-0.1, -0.05) is 0 Å². The molecule has 0 fully saturated rings. The van der Waals surface area contributed by atoms with E-state index >= 15 is 0 Å². The first-order valence-electron chi connectivity index (χ1n) is 5.91. The summed E-state index contributed by atoms with van der Waals surface area (Å²) in [6.07, 6.45) is 4.84. The van der Waals surface area contributed by atoms with Gasteiger partial charge in [0.2, 0.25) is 0 Å². The molecule has 0 saturated carbocycles. The SMILES string of the molecule is CC(=N)N(/N=C(\C)c1ccncc1)/C(C)=C\C(C)=O. The number of pyridine rings is 1. The first-order chi connectivity index (χ1) is 8.91. The average Bonchev–Trinajstić information content (AvgIpc) is 2.35. The van der Waals surface area contributed by atoms with E-state index < -0.39 is 0 Å². The number of rotatable bonds is 4. The summed E-state index contributed by atoms with van der Waals surface area (Å²) in [6, 6.07) is 3.70. The Balaban J connectivity index is 3.09. The minimum absolute atomic E-state index is 0.0690. The molecule has 0 amide bonds. The second kappa shape index (κ2) is 6.58. The summed E-state index contributed by atoms with van der Waals surface area (Å²) in [5, 5.41) is 13.6. The van der Waals surface area contributed by atoms with Gasteiger partial charge in [0.15, 0.2) is 5.78 Å². The molecule has 1 rings (SSSR count). The summed E-state index contributed by atoms with van der Waals surface area (Å²) in [5.41, 5.74) is 2.30. The predicted molar refractivity (Wildman–Crippen MR) is 76.1 cm³/mol. The Bertz CT molecular complexity index is 532. The van der Waals surface area contributed by atoms with Crippen LogP contribution >= 0.6 is 0 Å². The predicted octanol–water partition coefficient (Wildman–Crippen LogP) is 2.60. The van der Waals surface area contributed by atoms with Gasteiger partial charge < -0.3 is 0 Å². The maximum absolute atomic E-state index is 11.1. The standard InChI is InChI=1S/C14H18N4O/c1-10(9-11(2)19)18(13(4)15)17-12(3)14-5-7-16-8-6-14/h5-9,15H,1-4H3/b10-9-,15-13?,17-12+. The summed E-state index contributed by atoms with van der Waals surface area (Å²) < 4.78 is 0. The molecule has 0 unspecified atom stereocenters. The van der Waals surface area contributed by atoms with Crippen LogP contribution in [0.25, 0.3) is 0 Å². The zero-order valence-electron chi connectivity index (χ0n) is 11.6. The number of aromatic nitrogens is 1. The first kappa shape index (κ1) is 14.8. The van der Waals surface area contributed by atoms with Crippen LogP contribution in [0.3, 0.4) is 0 Å². The van der Waals surface area contributed by atoms with Gasteiger partial charge in [0, 0.05) is 29.7 Å². The highest BCUT2D eigenvalue weighted by molar-refractivity contribution is 5.99. The van der Waals surface area contributed by atoms with Crippen LogP contribution in [-0.4, -0.2) is 27.3 Å². The molecule has 1 N–H and O–H groups in total. The topological polar surface area (TPSA) is 69.4 Å². The van der Waals surface area contributed by atoms with Gasteiger partial charge in [-0.25, -0.2) is 5.01 Å². The third-order valence-electron chi connectivity index (χ3n) is 2.41. The van der Waals surface area contributed by atoms with Crippen LogP contribution < -0.4 is 0 Å². The minimum atomic E-state index is -0.0690. The molecule has 1 aromatic heterocycles. The van der Waals surface area contributed by atoms with Gasteiger partial charge >= 0.3 is 0 Å². The third-order valence-corrected chi connectivity index (χ3v) is 2.41. The van der Waals surface area contributed by atoms with Crippen molar-refractivity contribution >= 4 is 17.3 Å². The van der Waals surface area contributed by atoms with Crippen molar-refractivity contribution in [2.45, 2.75) is 27.7 Å². The number of carbonyl (C=O) groups excluding carboxylic acids is 1. The number of hydrogen-bond acceptors (Lipinski definition) is 4. The number of nitrogens with one attached hydrogen (secondary N) is 1. The van der Waals surface area contributed by atoms with Crippen LogP contribution in [-0.2, 0) is 4.79 Å². The van der Waals surface area contributed by atoms with E-state index in [0.29, 0.717) is 5.70 Å². The molecule has 19 heavy (non-hydrogen) atoms. The van der Waals surface area contributed by atoms with Crippen molar-refractivity contribution in [1.29, 1.82) is 5.41 Å². The molecule has 0 aliphatic heterocycles. The summed E-state index contributed by atoms with van der Waals surface area (Å²) in [5.74, 6) is 0.184. The van der Waals surface area contributed by atoms with Crippen molar-refractivity contribution in [3.63, 3.8) is 0 Å². The molecule has 0 aliphatic carbocycles. The molecule has 100 valence electrons. The zero-order valence-corrected chi connectivity index (χ0v) is 11.6. The van der Waals surface area contributed by atoms with E-state index in [2.05, 4.69) is 10.1 Å². The molecule has 5 heteroatoms. The summed E-state index contributed by atoms with van der Waals surface area (Å²) >= 11 is 0. The largest absolute Gasteiger partial charge is 0.295 e. The minimum Gasteiger partial charge on any atom is -0.295 e. The van der Waals surface area contributed by atoms with E-state index in [0.717, 1.165) is 11.3 Å². The fourth-order valence-corrected chi connectivity index (χ4v) is 1.57. The Kier molecular flexibility index (Phi) is 5.11. The van der Waals surface area contributed by atoms with Gasteiger partial charge in [-0.3, -0.25) is 15.2 Å². The van der Waals surface area contributed by atoms with E-state index in [9.17, 15) is 4.79 Å². The van der Waals surface area contributed by atoms with Gasteiger partial charge in [-0.15, -0.1) is 0 Å².